The zero-order valence-corrected chi connectivity index (χ0v) is 17.1. The smallest absolute Gasteiger partial charge is 0.330 e. The number of nitrogens with zero attached hydrogens (tertiary/aromatic N) is 2. The number of urea groups is 1. The molecule has 0 spiro atoms. The minimum atomic E-state index is -0.654. The van der Waals surface area contributed by atoms with Crippen LogP contribution in [-0.2, 0) is 11.3 Å². The van der Waals surface area contributed by atoms with Crippen molar-refractivity contribution in [2.24, 2.45) is 5.92 Å². The van der Waals surface area contributed by atoms with Crippen molar-refractivity contribution in [3.63, 3.8) is 0 Å². The summed E-state index contributed by atoms with van der Waals surface area (Å²) in [5.41, 5.74) is 4.97. The van der Waals surface area contributed by atoms with Crippen molar-refractivity contribution >= 4 is 23.4 Å². The average Bonchev–Trinajstić information content (AvgIpc) is 2.58. The highest BCUT2D eigenvalue weighted by atomic mass is 16.2. The third-order valence-electron chi connectivity index (χ3n) is 3.97. The van der Waals surface area contributed by atoms with Crippen molar-refractivity contribution < 1.29 is 9.59 Å². The number of aromatic nitrogens is 2. The second kappa shape index (κ2) is 11.2. The van der Waals surface area contributed by atoms with E-state index < -0.39 is 23.2 Å². The Morgan fingerprint density at radius 1 is 1.21 bits per heavy atom. The molecule has 0 aliphatic heterocycles. The van der Waals surface area contributed by atoms with Gasteiger partial charge in [-0.25, -0.2) is 9.59 Å². The fourth-order valence-corrected chi connectivity index (χ4v) is 2.72. The number of nitrogen functional groups attached to an aromatic ring is 1. The lowest BCUT2D eigenvalue weighted by Gasteiger charge is -2.27. The molecule has 0 aliphatic carbocycles. The molecular formula is C18H32N6O4. The maximum atomic E-state index is 12.5. The van der Waals surface area contributed by atoms with E-state index in [2.05, 4.69) is 15.6 Å². The van der Waals surface area contributed by atoms with Crippen LogP contribution in [0.25, 0.3) is 0 Å². The number of carbonyl (C=O) groups excluding carboxylic acids is 2. The number of amides is 3. The van der Waals surface area contributed by atoms with Gasteiger partial charge in [0.25, 0.3) is 5.56 Å². The lowest BCUT2D eigenvalue weighted by molar-refractivity contribution is -0.118. The maximum absolute atomic E-state index is 12.5. The zero-order valence-electron chi connectivity index (χ0n) is 17.1. The van der Waals surface area contributed by atoms with E-state index >= 15 is 0 Å². The van der Waals surface area contributed by atoms with Gasteiger partial charge in [-0.2, -0.15) is 0 Å². The fraction of sp³-hybridized carbons (Fsp3) is 0.667. The molecule has 0 unspecified atom stereocenters. The van der Waals surface area contributed by atoms with Crippen LogP contribution < -0.4 is 32.5 Å². The molecule has 5 N–H and O–H groups in total. The van der Waals surface area contributed by atoms with Crippen LogP contribution in [0.3, 0.4) is 0 Å². The molecule has 1 rings (SSSR count). The summed E-state index contributed by atoms with van der Waals surface area (Å²) in [4.78, 5) is 52.3. The number of nitrogens with two attached hydrogens (primary N) is 1. The Balaban J connectivity index is 3.16. The standard InChI is InChI=1S/C18H32N6O4/c1-5-7-9-24-15(19)14(16(26)22-18(24)28)23(10-12(3)4)11-13(25)21-17(27)20-8-6-2/h12H,5-11,19H2,1-4H3,(H,22,26,28)(H2,20,21,25,27). The van der Waals surface area contributed by atoms with Gasteiger partial charge >= 0.3 is 11.7 Å². The number of H-pyrrole nitrogens is 1. The Kier molecular flexibility index (Phi) is 9.26. The van der Waals surface area contributed by atoms with Gasteiger partial charge in [-0.1, -0.05) is 34.1 Å². The number of hydrogen-bond donors (Lipinski definition) is 4. The van der Waals surface area contributed by atoms with E-state index in [1.807, 2.05) is 27.7 Å². The molecule has 0 saturated carbocycles. The fourth-order valence-electron chi connectivity index (χ4n) is 2.72. The van der Waals surface area contributed by atoms with Crippen molar-refractivity contribution in [3.05, 3.63) is 20.8 Å². The van der Waals surface area contributed by atoms with Crippen LogP contribution in [0.2, 0.25) is 0 Å². The van der Waals surface area contributed by atoms with Crippen LogP contribution in [0.5, 0.6) is 0 Å². The van der Waals surface area contributed by atoms with Gasteiger partial charge in [0, 0.05) is 19.6 Å². The summed E-state index contributed by atoms with van der Waals surface area (Å²) in [6, 6.07) is -0.592. The highest BCUT2D eigenvalue weighted by molar-refractivity contribution is 5.96. The Morgan fingerprint density at radius 2 is 1.89 bits per heavy atom. The number of carbonyl (C=O) groups is 2. The molecule has 28 heavy (non-hydrogen) atoms. The third kappa shape index (κ3) is 6.75. The molecule has 10 nitrogen and oxygen atoms in total. The van der Waals surface area contributed by atoms with Gasteiger partial charge in [-0.15, -0.1) is 0 Å². The second-order valence-corrected chi connectivity index (χ2v) is 7.08. The van der Waals surface area contributed by atoms with Crippen molar-refractivity contribution in [2.75, 3.05) is 30.3 Å². The molecule has 0 saturated heterocycles. The second-order valence-electron chi connectivity index (χ2n) is 7.08. The van der Waals surface area contributed by atoms with Crippen molar-refractivity contribution in [3.8, 4) is 0 Å². The van der Waals surface area contributed by atoms with Crippen molar-refractivity contribution in [1.29, 1.82) is 0 Å². The van der Waals surface area contributed by atoms with Crippen LogP contribution in [0, 0.1) is 5.92 Å². The predicted octanol–water partition coefficient (Wildman–Crippen LogP) is 0.617. The van der Waals surface area contributed by atoms with Gasteiger partial charge in [0.05, 0.1) is 6.54 Å². The summed E-state index contributed by atoms with van der Waals surface area (Å²) in [5.74, 6) is -0.443. The van der Waals surface area contributed by atoms with Crippen LogP contribution in [0.15, 0.2) is 9.59 Å². The first-order valence-electron chi connectivity index (χ1n) is 9.66. The van der Waals surface area contributed by atoms with E-state index in [9.17, 15) is 19.2 Å². The van der Waals surface area contributed by atoms with Gasteiger partial charge < -0.3 is 16.0 Å². The zero-order chi connectivity index (χ0) is 21.3. The minimum Gasteiger partial charge on any atom is -0.383 e. The van der Waals surface area contributed by atoms with Crippen LogP contribution in [0.4, 0.5) is 16.3 Å². The molecule has 0 fully saturated rings. The average molecular weight is 396 g/mol. The number of hydrogen-bond acceptors (Lipinski definition) is 6. The number of rotatable bonds is 10. The minimum absolute atomic E-state index is 0.0195. The predicted molar refractivity (Wildman–Crippen MR) is 110 cm³/mol. The summed E-state index contributed by atoms with van der Waals surface area (Å²) < 4.78 is 1.30. The van der Waals surface area contributed by atoms with Crippen LogP contribution in [0.1, 0.15) is 47.0 Å². The molecule has 3 amide bonds. The van der Waals surface area contributed by atoms with E-state index in [0.717, 1.165) is 19.3 Å². The first kappa shape index (κ1) is 23.3. The number of anilines is 2. The summed E-state index contributed by atoms with van der Waals surface area (Å²) in [7, 11) is 0. The molecule has 1 aromatic rings. The molecule has 1 aromatic heterocycles. The van der Waals surface area contributed by atoms with E-state index in [1.54, 1.807) is 0 Å². The van der Waals surface area contributed by atoms with E-state index in [1.165, 1.54) is 9.47 Å². The maximum Gasteiger partial charge on any atom is 0.330 e. The highest BCUT2D eigenvalue weighted by Gasteiger charge is 2.22. The Labute approximate surface area is 164 Å². The molecule has 0 aromatic carbocycles. The molecular weight excluding hydrogens is 364 g/mol. The molecule has 0 atom stereocenters. The van der Waals surface area contributed by atoms with Crippen LogP contribution in [-0.4, -0.2) is 41.1 Å². The molecule has 0 radical (unpaired) electrons. The van der Waals surface area contributed by atoms with Gasteiger partial charge in [0.1, 0.15) is 11.5 Å². The largest absolute Gasteiger partial charge is 0.383 e. The Morgan fingerprint density at radius 3 is 2.46 bits per heavy atom. The molecule has 158 valence electrons. The molecule has 0 aliphatic rings. The first-order valence-corrected chi connectivity index (χ1v) is 9.66. The first-order chi connectivity index (χ1) is 13.2. The molecule has 1 heterocycles. The number of aromatic amines is 1. The van der Waals surface area contributed by atoms with E-state index in [-0.39, 0.29) is 24.0 Å². The normalized spacial score (nSPS) is 10.8. The van der Waals surface area contributed by atoms with Gasteiger partial charge in [0.15, 0.2) is 0 Å². The number of nitrogens with one attached hydrogen (secondary N) is 3. The quantitative estimate of drug-likeness (QED) is 0.456. The molecule has 0 bridgehead atoms. The monoisotopic (exact) mass is 396 g/mol. The van der Waals surface area contributed by atoms with Crippen molar-refractivity contribution in [2.45, 2.75) is 53.5 Å². The number of unbranched alkanes of at least 4 members (excludes halogenated alkanes) is 1. The summed E-state index contributed by atoms with van der Waals surface area (Å²) in [6.07, 6.45) is 2.31. The van der Waals surface area contributed by atoms with Crippen LogP contribution >= 0.6 is 0 Å². The van der Waals surface area contributed by atoms with Gasteiger partial charge in [-0.05, 0) is 18.8 Å². The number of imide groups is 1. The van der Waals surface area contributed by atoms with Crippen molar-refractivity contribution in [1.82, 2.24) is 20.2 Å². The Hall–Kier alpha value is -2.78. The van der Waals surface area contributed by atoms with Gasteiger partial charge in [-0.3, -0.25) is 24.5 Å². The Bertz CT molecular complexity index is 783. The van der Waals surface area contributed by atoms with Gasteiger partial charge in [0.2, 0.25) is 5.91 Å². The molecule has 10 heteroatoms. The summed E-state index contributed by atoms with van der Waals surface area (Å²) >= 11 is 0. The lowest BCUT2D eigenvalue weighted by Crippen LogP contribution is -2.47. The third-order valence-corrected chi connectivity index (χ3v) is 3.97. The van der Waals surface area contributed by atoms with E-state index in [4.69, 9.17) is 5.73 Å². The topological polar surface area (TPSA) is 142 Å². The summed E-state index contributed by atoms with van der Waals surface area (Å²) in [6.45, 7) is 8.66. The SMILES string of the molecule is CCCCn1c(N)c(N(CC(=O)NC(=O)NCCC)CC(C)C)c(=O)[nH]c1=O. The lowest BCUT2D eigenvalue weighted by atomic mass is 10.2. The van der Waals surface area contributed by atoms with E-state index in [0.29, 0.717) is 19.6 Å². The highest BCUT2D eigenvalue weighted by Crippen LogP contribution is 2.18. The summed E-state index contributed by atoms with van der Waals surface area (Å²) in [5, 5.41) is 4.79.